The van der Waals surface area contributed by atoms with Gasteiger partial charge in [-0.2, -0.15) is 0 Å². The first-order chi connectivity index (χ1) is 6.24. The number of rotatable bonds is 4. The Morgan fingerprint density at radius 1 is 1.46 bits per heavy atom. The van der Waals surface area contributed by atoms with Crippen molar-refractivity contribution in [2.24, 2.45) is 0 Å². The van der Waals surface area contributed by atoms with Crippen LogP contribution in [0.5, 0.6) is 0 Å². The number of Topliss-reactive ketones (excluding diaryl/α,β-unsaturated/α-hetero) is 1. The average Bonchev–Trinajstić information content (AvgIpc) is 2.58. The second-order valence-corrected chi connectivity index (χ2v) is 2.76. The molecule has 0 saturated carbocycles. The second-order valence-electron chi connectivity index (χ2n) is 2.76. The third kappa shape index (κ3) is 1.69. The molecule has 1 aromatic heterocycles. The van der Waals surface area contributed by atoms with Gasteiger partial charge in [-0.3, -0.25) is 9.59 Å². The summed E-state index contributed by atoms with van der Waals surface area (Å²) in [6.07, 6.45) is 3.38. The lowest BCUT2D eigenvalue weighted by molar-refractivity contribution is -0.104. The van der Waals surface area contributed by atoms with E-state index in [1.165, 1.54) is 0 Å². The van der Waals surface area contributed by atoms with Crippen LogP contribution in [0.2, 0.25) is 0 Å². The molecule has 0 bridgehead atoms. The molecule has 3 heteroatoms. The van der Waals surface area contributed by atoms with Crippen LogP contribution in [0, 0.1) is 0 Å². The lowest BCUT2D eigenvalue weighted by Gasteiger charge is -1.96. The highest BCUT2D eigenvalue weighted by Crippen LogP contribution is 2.18. The zero-order chi connectivity index (χ0) is 9.84. The van der Waals surface area contributed by atoms with Gasteiger partial charge in [-0.1, -0.05) is 13.8 Å². The summed E-state index contributed by atoms with van der Waals surface area (Å²) in [4.78, 5) is 21.3. The standard InChI is InChI=1S/C10H12O3/c1-3-7-6-13-10(8(7)4-2)9(12)5-11/h5-6H,3-4H2,1-2H3. The Morgan fingerprint density at radius 2 is 2.15 bits per heavy atom. The van der Waals surface area contributed by atoms with Crippen LogP contribution in [0.1, 0.15) is 35.5 Å². The van der Waals surface area contributed by atoms with E-state index in [9.17, 15) is 9.59 Å². The zero-order valence-electron chi connectivity index (χ0n) is 7.79. The monoisotopic (exact) mass is 180 g/mol. The van der Waals surface area contributed by atoms with Crippen molar-refractivity contribution in [3.8, 4) is 0 Å². The van der Waals surface area contributed by atoms with Crippen LogP contribution in [0.3, 0.4) is 0 Å². The van der Waals surface area contributed by atoms with Crippen LogP contribution in [0.15, 0.2) is 10.7 Å². The Kier molecular flexibility index (Phi) is 3.01. The molecule has 0 aliphatic rings. The second kappa shape index (κ2) is 4.03. The molecule has 0 aliphatic carbocycles. The number of aryl methyl sites for hydroxylation is 1. The number of hydrogen-bond acceptors (Lipinski definition) is 3. The van der Waals surface area contributed by atoms with Crippen molar-refractivity contribution in [1.82, 2.24) is 0 Å². The van der Waals surface area contributed by atoms with Gasteiger partial charge in [0.2, 0.25) is 0 Å². The van der Waals surface area contributed by atoms with Gasteiger partial charge in [0, 0.05) is 5.56 Å². The van der Waals surface area contributed by atoms with Crippen molar-refractivity contribution in [2.45, 2.75) is 26.7 Å². The number of aldehydes is 1. The third-order valence-corrected chi connectivity index (χ3v) is 2.05. The smallest absolute Gasteiger partial charge is 0.260 e. The predicted molar refractivity (Wildman–Crippen MR) is 47.9 cm³/mol. The molecule has 70 valence electrons. The van der Waals surface area contributed by atoms with Gasteiger partial charge in [-0.25, -0.2) is 0 Å². The number of ketones is 1. The van der Waals surface area contributed by atoms with Crippen molar-refractivity contribution in [3.05, 3.63) is 23.2 Å². The summed E-state index contributed by atoms with van der Waals surface area (Å²) in [6, 6.07) is 0. The molecule has 3 nitrogen and oxygen atoms in total. The minimum Gasteiger partial charge on any atom is -0.460 e. The van der Waals surface area contributed by atoms with E-state index >= 15 is 0 Å². The van der Waals surface area contributed by atoms with E-state index in [4.69, 9.17) is 4.42 Å². The fourth-order valence-electron chi connectivity index (χ4n) is 1.36. The molecule has 0 atom stereocenters. The van der Waals surface area contributed by atoms with Gasteiger partial charge in [0.25, 0.3) is 5.78 Å². The first-order valence-corrected chi connectivity index (χ1v) is 4.33. The summed E-state index contributed by atoms with van der Waals surface area (Å²) in [5.74, 6) is -0.370. The van der Waals surface area contributed by atoms with E-state index < -0.39 is 5.78 Å². The molecular formula is C10H12O3. The normalized spacial score (nSPS) is 10.0. The quantitative estimate of drug-likeness (QED) is 0.403. The molecule has 0 aromatic carbocycles. The van der Waals surface area contributed by atoms with Crippen LogP contribution < -0.4 is 0 Å². The highest BCUT2D eigenvalue weighted by Gasteiger charge is 2.16. The summed E-state index contributed by atoms with van der Waals surface area (Å²) in [7, 11) is 0. The molecule has 1 heterocycles. The molecule has 13 heavy (non-hydrogen) atoms. The Bertz CT molecular complexity index is 323. The Balaban J connectivity index is 3.14. The number of carbonyl (C=O) groups excluding carboxylic acids is 2. The fraction of sp³-hybridized carbons (Fsp3) is 0.400. The van der Waals surface area contributed by atoms with Crippen molar-refractivity contribution in [1.29, 1.82) is 0 Å². The lowest BCUT2D eigenvalue weighted by Crippen LogP contribution is -2.02. The molecule has 0 aliphatic heterocycles. The van der Waals surface area contributed by atoms with Crippen LogP contribution in [-0.2, 0) is 17.6 Å². The Labute approximate surface area is 76.7 Å². The largest absolute Gasteiger partial charge is 0.460 e. The predicted octanol–water partition coefficient (Wildman–Crippen LogP) is 1.79. The van der Waals surface area contributed by atoms with Gasteiger partial charge in [0.1, 0.15) is 0 Å². The zero-order valence-corrected chi connectivity index (χ0v) is 7.79. The van der Waals surface area contributed by atoms with Crippen LogP contribution >= 0.6 is 0 Å². The van der Waals surface area contributed by atoms with E-state index in [0.717, 1.165) is 17.5 Å². The maximum absolute atomic E-state index is 11.1. The molecule has 0 fully saturated rings. The van der Waals surface area contributed by atoms with Gasteiger partial charge in [-0.05, 0) is 18.4 Å². The Hall–Kier alpha value is -1.38. The Morgan fingerprint density at radius 3 is 2.62 bits per heavy atom. The number of carbonyl (C=O) groups is 2. The lowest BCUT2D eigenvalue weighted by atomic mass is 10.1. The SMILES string of the molecule is CCc1coc(C(=O)C=O)c1CC. The van der Waals surface area contributed by atoms with Gasteiger partial charge in [0.15, 0.2) is 12.0 Å². The first-order valence-electron chi connectivity index (χ1n) is 4.33. The summed E-state index contributed by atoms with van der Waals surface area (Å²) >= 11 is 0. The highest BCUT2D eigenvalue weighted by atomic mass is 16.3. The third-order valence-electron chi connectivity index (χ3n) is 2.05. The summed E-state index contributed by atoms with van der Waals surface area (Å²) in [5, 5.41) is 0. The number of furan rings is 1. The first kappa shape index (κ1) is 9.71. The molecule has 0 unspecified atom stereocenters. The molecule has 0 spiro atoms. The molecule has 1 rings (SSSR count). The minimum atomic E-state index is -0.573. The van der Waals surface area contributed by atoms with Crippen molar-refractivity contribution >= 4 is 12.1 Å². The molecular weight excluding hydrogens is 168 g/mol. The molecule has 0 amide bonds. The van der Waals surface area contributed by atoms with Crippen LogP contribution in [0.4, 0.5) is 0 Å². The van der Waals surface area contributed by atoms with Crippen molar-refractivity contribution < 1.29 is 14.0 Å². The van der Waals surface area contributed by atoms with E-state index in [0.29, 0.717) is 6.42 Å². The van der Waals surface area contributed by atoms with Gasteiger partial charge in [0.05, 0.1) is 6.26 Å². The minimum absolute atomic E-state index is 0.203. The van der Waals surface area contributed by atoms with Gasteiger partial charge in [-0.15, -0.1) is 0 Å². The average molecular weight is 180 g/mol. The van der Waals surface area contributed by atoms with Gasteiger partial charge >= 0.3 is 0 Å². The topological polar surface area (TPSA) is 47.3 Å². The number of hydrogen-bond donors (Lipinski definition) is 0. The van der Waals surface area contributed by atoms with Crippen LogP contribution in [-0.4, -0.2) is 12.1 Å². The molecule has 1 aromatic rings. The van der Waals surface area contributed by atoms with E-state index in [1.54, 1.807) is 6.26 Å². The maximum Gasteiger partial charge on any atom is 0.260 e. The molecule has 0 radical (unpaired) electrons. The molecule has 0 saturated heterocycles. The van der Waals surface area contributed by atoms with E-state index in [-0.39, 0.29) is 12.0 Å². The van der Waals surface area contributed by atoms with Crippen molar-refractivity contribution in [3.63, 3.8) is 0 Å². The van der Waals surface area contributed by atoms with Crippen molar-refractivity contribution in [2.75, 3.05) is 0 Å². The summed E-state index contributed by atoms with van der Waals surface area (Å²) in [6.45, 7) is 3.92. The highest BCUT2D eigenvalue weighted by molar-refractivity contribution is 6.32. The van der Waals surface area contributed by atoms with Crippen LogP contribution in [0.25, 0.3) is 0 Å². The van der Waals surface area contributed by atoms with E-state index in [1.807, 2.05) is 13.8 Å². The van der Waals surface area contributed by atoms with Gasteiger partial charge < -0.3 is 4.42 Å². The fourth-order valence-corrected chi connectivity index (χ4v) is 1.36. The summed E-state index contributed by atoms with van der Waals surface area (Å²) < 4.78 is 5.05. The maximum atomic E-state index is 11.1. The van der Waals surface area contributed by atoms with E-state index in [2.05, 4.69) is 0 Å². The molecule has 0 N–H and O–H groups in total. The summed E-state index contributed by atoms with van der Waals surface area (Å²) in [5.41, 5.74) is 1.87.